The molecule has 90 valence electrons. The van der Waals surface area contributed by atoms with Gasteiger partial charge in [-0.3, -0.25) is 0 Å². The Morgan fingerprint density at radius 2 is 2.25 bits per heavy atom. The van der Waals surface area contributed by atoms with Crippen LogP contribution < -0.4 is 5.32 Å². The van der Waals surface area contributed by atoms with Crippen LogP contribution in [0.25, 0.3) is 0 Å². The van der Waals surface area contributed by atoms with Crippen LogP contribution in [0, 0.1) is 0 Å². The van der Waals surface area contributed by atoms with E-state index < -0.39 is 0 Å². The third-order valence-electron chi connectivity index (χ3n) is 2.50. The van der Waals surface area contributed by atoms with Crippen molar-refractivity contribution >= 4 is 17.4 Å². The Labute approximate surface area is 102 Å². The summed E-state index contributed by atoms with van der Waals surface area (Å²) in [5, 5.41) is 3.50. The summed E-state index contributed by atoms with van der Waals surface area (Å²) in [6.07, 6.45) is 2.73. The van der Waals surface area contributed by atoms with E-state index in [1.807, 2.05) is 6.07 Å². The van der Waals surface area contributed by atoms with Crippen molar-refractivity contribution in [1.29, 1.82) is 0 Å². The highest BCUT2D eigenvalue weighted by Crippen LogP contribution is 2.05. The maximum Gasteiger partial charge on any atom is 0.224 e. The zero-order valence-electron chi connectivity index (χ0n) is 10.1. The van der Waals surface area contributed by atoms with Crippen molar-refractivity contribution in [2.75, 3.05) is 25.5 Å². The lowest BCUT2D eigenvalue weighted by molar-refractivity contribution is 0.273. The minimum absolute atomic E-state index is 0.282. The number of hydrogen-bond acceptors (Lipinski definition) is 4. The lowest BCUT2D eigenvalue weighted by atomic mass is 10.3. The van der Waals surface area contributed by atoms with E-state index in [1.54, 1.807) is 6.20 Å². The van der Waals surface area contributed by atoms with Gasteiger partial charge in [-0.05, 0) is 51.5 Å². The number of rotatable bonds is 6. The molecule has 0 radical (unpaired) electrons. The topological polar surface area (TPSA) is 41.0 Å². The van der Waals surface area contributed by atoms with Gasteiger partial charge in [-0.1, -0.05) is 0 Å². The van der Waals surface area contributed by atoms with Gasteiger partial charge in [-0.2, -0.15) is 0 Å². The average Bonchev–Trinajstić information content (AvgIpc) is 2.24. The Morgan fingerprint density at radius 3 is 2.88 bits per heavy atom. The minimum atomic E-state index is 0.282. The molecule has 0 bridgehead atoms. The summed E-state index contributed by atoms with van der Waals surface area (Å²) in [7, 11) is 2.13. The molecule has 0 aliphatic rings. The highest BCUT2D eigenvalue weighted by Gasteiger charge is 2.02. The molecule has 0 aliphatic heterocycles. The van der Waals surface area contributed by atoms with Gasteiger partial charge in [-0.25, -0.2) is 9.97 Å². The molecule has 1 aromatic heterocycles. The van der Waals surface area contributed by atoms with E-state index in [4.69, 9.17) is 11.6 Å². The van der Waals surface area contributed by atoms with Crippen LogP contribution in [0.15, 0.2) is 12.3 Å². The maximum atomic E-state index is 5.68. The SMILES string of the molecule is CC(C)N(C)CCCNc1ccnc(Cl)n1. The van der Waals surface area contributed by atoms with Crippen molar-refractivity contribution in [1.82, 2.24) is 14.9 Å². The van der Waals surface area contributed by atoms with Crippen LogP contribution in [0.2, 0.25) is 5.28 Å². The van der Waals surface area contributed by atoms with Gasteiger partial charge in [0.2, 0.25) is 5.28 Å². The number of nitrogens with zero attached hydrogens (tertiary/aromatic N) is 3. The lowest BCUT2D eigenvalue weighted by Crippen LogP contribution is -2.28. The Hall–Kier alpha value is -0.870. The van der Waals surface area contributed by atoms with Crippen molar-refractivity contribution < 1.29 is 0 Å². The Kier molecular flexibility index (Phi) is 5.49. The number of hydrogen-bond donors (Lipinski definition) is 1. The first-order valence-corrected chi connectivity index (χ1v) is 5.90. The molecule has 0 saturated carbocycles. The summed E-state index contributed by atoms with van der Waals surface area (Å²) in [5.41, 5.74) is 0. The number of anilines is 1. The molecule has 16 heavy (non-hydrogen) atoms. The van der Waals surface area contributed by atoms with E-state index in [-0.39, 0.29) is 5.28 Å². The van der Waals surface area contributed by atoms with Gasteiger partial charge in [0, 0.05) is 18.8 Å². The first-order chi connectivity index (χ1) is 7.59. The Bertz CT molecular complexity index is 317. The largest absolute Gasteiger partial charge is 0.370 e. The van der Waals surface area contributed by atoms with Gasteiger partial charge >= 0.3 is 0 Å². The summed E-state index contributed by atoms with van der Waals surface area (Å²) in [5.74, 6) is 0.784. The highest BCUT2D eigenvalue weighted by atomic mass is 35.5. The van der Waals surface area contributed by atoms with Gasteiger partial charge < -0.3 is 10.2 Å². The molecule has 0 fully saturated rings. The monoisotopic (exact) mass is 242 g/mol. The second-order valence-electron chi connectivity index (χ2n) is 4.07. The van der Waals surface area contributed by atoms with E-state index in [1.165, 1.54) is 0 Å². The predicted molar refractivity (Wildman–Crippen MR) is 67.9 cm³/mol. The Morgan fingerprint density at radius 1 is 1.50 bits per heavy atom. The third-order valence-corrected chi connectivity index (χ3v) is 2.68. The quantitative estimate of drug-likeness (QED) is 0.614. The maximum absolute atomic E-state index is 5.68. The minimum Gasteiger partial charge on any atom is -0.370 e. The van der Waals surface area contributed by atoms with Crippen molar-refractivity contribution in [2.45, 2.75) is 26.3 Å². The van der Waals surface area contributed by atoms with E-state index in [2.05, 4.69) is 41.1 Å². The molecular formula is C11H19ClN4. The summed E-state index contributed by atoms with van der Waals surface area (Å²) < 4.78 is 0. The molecule has 1 rings (SSSR count). The van der Waals surface area contributed by atoms with Gasteiger partial charge in [0.05, 0.1) is 0 Å². The van der Waals surface area contributed by atoms with Crippen LogP contribution in [-0.4, -0.2) is 41.0 Å². The first kappa shape index (κ1) is 13.2. The normalized spacial score (nSPS) is 11.1. The van der Waals surface area contributed by atoms with Crippen molar-refractivity contribution in [3.63, 3.8) is 0 Å². The molecule has 0 atom stereocenters. The molecular weight excluding hydrogens is 224 g/mol. The average molecular weight is 243 g/mol. The van der Waals surface area contributed by atoms with E-state index in [9.17, 15) is 0 Å². The summed E-state index contributed by atoms with van der Waals surface area (Å²) in [6, 6.07) is 2.41. The van der Waals surface area contributed by atoms with Crippen LogP contribution in [0.5, 0.6) is 0 Å². The zero-order chi connectivity index (χ0) is 12.0. The van der Waals surface area contributed by atoms with Crippen LogP contribution in [0.4, 0.5) is 5.82 Å². The van der Waals surface area contributed by atoms with Gasteiger partial charge in [0.1, 0.15) is 5.82 Å². The fraction of sp³-hybridized carbons (Fsp3) is 0.636. The fourth-order valence-corrected chi connectivity index (χ4v) is 1.38. The van der Waals surface area contributed by atoms with Crippen LogP contribution in [0.1, 0.15) is 20.3 Å². The van der Waals surface area contributed by atoms with Crippen molar-refractivity contribution in [3.05, 3.63) is 17.5 Å². The molecule has 1 aromatic rings. The second kappa shape index (κ2) is 6.66. The molecule has 1 N–H and O–H groups in total. The fourth-order valence-electron chi connectivity index (χ4n) is 1.24. The second-order valence-corrected chi connectivity index (χ2v) is 4.40. The molecule has 0 saturated heterocycles. The molecule has 4 nitrogen and oxygen atoms in total. The van der Waals surface area contributed by atoms with Crippen LogP contribution in [0.3, 0.4) is 0 Å². The van der Waals surface area contributed by atoms with E-state index in [0.717, 1.165) is 25.3 Å². The Balaban J connectivity index is 2.21. The molecule has 0 aromatic carbocycles. The standard InChI is InChI=1S/C11H19ClN4/c1-9(2)16(3)8-4-6-13-10-5-7-14-11(12)15-10/h5,7,9H,4,6,8H2,1-3H3,(H,13,14,15). The molecule has 0 spiro atoms. The summed E-state index contributed by atoms with van der Waals surface area (Å²) in [6.45, 7) is 6.35. The first-order valence-electron chi connectivity index (χ1n) is 5.52. The molecule has 0 aliphatic carbocycles. The van der Waals surface area contributed by atoms with Crippen LogP contribution in [-0.2, 0) is 0 Å². The van der Waals surface area contributed by atoms with Crippen LogP contribution >= 0.6 is 11.6 Å². The predicted octanol–water partition coefficient (Wildman–Crippen LogP) is 2.27. The van der Waals surface area contributed by atoms with Gasteiger partial charge in [-0.15, -0.1) is 0 Å². The molecule has 1 heterocycles. The lowest BCUT2D eigenvalue weighted by Gasteiger charge is -2.20. The zero-order valence-corrected chi connectivity index (χ0v) is 10.8. The summed E-state index contributed by atoms with van der Waals surface area (Å²) >= 11 is 5.68. The molecule has 0 amide bonds. The van der Waals surface area contributed by atoms with Gasteiger partial charge in [0.15, 0.2) is 0 Å². The number of halogens is 1. The van der Waals surface area contributed by atoms with Gasteiger partial charge in [0.25, 0.3) is 0 Å². The number of nitrogens with one attached hydrogen (secondary N) is 1. The highest BCUT2D eigenvalue weighted by molar-refractivity contribution is 6.28. The molecule has 5 heteroatoms. The summed E-state index contributed by atoms with van der Waals surface area (Å²) in [4.78, 5) is 10.2. The number of aromatic nitrogens is 2. The molecule has 0 unspecified atom stereocenters. The van der Waals surface area contributed by atoms with E-state index in [0.29, 0.717) is 6.04 Å². The smallest absolute Gasteiger partial charge is 0.224 e. The van der Waals surface area contributed by atoms with E-state index >= 15 is 0 Å². The third kappa shape index (κ3) is 4.77. The van der Waals surface area contributed by atoms with Crippen molar-refractivity contribution in [3.8, 4) is 0 Å². The van der Waals surface area contributed by atoms with Crippen molar-refractivity contribution in [2.24, 2.45) is 0 Å².